The normalized spacial score (nSPS) is 15.9. The highest BCUT2D eigenvalue weighted by Gasteiger charge is 2.33. The summed E-state index contributed by atoms with van der Waals surface area (Å²) in [5.41, 5.74) is 0.826. The molecule has 2 aromatic rings. The fourth-order valence-corrected chi connectivity index (χ4v) is 3.85. The topological polar surface area (TPSA) is 63.4 Å². The number of benzene rings is 2. The molecule has 0 atom stereocenters. The second kappa shape index (κ2) is 7.13. The van der Waals surface area contributed by atoms with E-state index in [9.17, 15) is 14.9 Å². The van der Waals surface area contributed by atoms with Gasteiger partial charge in [-0.15, -0.1) is 0 Å². The maximum Gasteiger partial charge on any atom is 0.270 e. The van der Waals surface area contributed by atoms with E-state index in [4.69, 9.17) is 35.4 Å². The number of anilines is 1. The molecule has 0 radical (unpaired) electrons. The summed E-state index contributed by atoms with van der Waals surface area (Å²) in [4.78, 5) is 24.8. The minimum absolute atomic E-state index is 0.110. The van der Waals surface area contributed by atoms with Crippen LogP contribution in [0.1, 0.15) is 5.56 Å². The predicted octanol–water partition coefficient (Wildman–Crippen LogP) is 5.31. The van der Waals surface area contributed by atoms with Gasteiger partial charge in [-0.3, -0.25) is 19.8 Å². The number of nitrogens with zero attached hydrogens (tertiary/aromatic N) is 2. The van der Waals surface area contributed by atoms with Crippen molar-refractivity contribution in [3.8, 4) is 0 Å². The number of carbonyl (C=O) groups is 1. The maximum absolute atomic E-state index is 12.7. The van der Waals surface area contributed by atoms with Gasteiger partial charge in [-0.25, -0.2) is 0 Å². The van der Waals surface area contributed by atoms with Gasteiger partial charge in [0.15, 0.2) is 4.32 Å². The van der Waals surface area contributed by atoms with Crippen molar-refractivity contribution in [3.05, 3.63) is 73.1 Å². The molecule has 0 aliphatic carbocycles. The first-order valence-corrected chi connectivity index (χ1v) is 8.82. The van der Waals surface area contributed by atoms with Gasteiger partial charge in [-0.2, -0.15) is 0 Å². The monoisotopic (exact) mass is 410 g/mol. The smallest absolute Gasteiger partial charge is 0.268 e. The first kappa shape index (κ1) is 17.9. The highest BCUT2D eigenvalue weighted by molar-refractivity contribution is 8.27. The van der Waals surface area contributed by atoms with Crippen LogP contribution in [0.5, 0.6) is 0 Å². The van der Waals surface area contributed by atoms with Crippen molar-refractivity contribution in [1.29, 1.82) is 0 Å². The van der Waals surface area contributed by atoms with E-state index in [0.717, 1.165) is 11.8 Å². The Morgan fingerprint density at radius 2 is 1.96 bits per heavy atom. The molecule has 1 fully saturated rings. The summed E-state index contributed by atoms with van der Waals surface area (Å²) in [6, 6.07) is 10.8. The average molecular weight is 411 g/mol. The number of thioether (sulfide) groups is 1. The van der Waals surface area contributed by atoms with E-state index in [1.807, 2.05) is 0 Å². The van der Waals surface area contributed by atoms with Crippen LogP contribution in [0.2, 0.25) is 10.0 Å². The molecule has 1 saturated heterocycles. The average Bonchev–Trinajstić information content (AvgIpc) is 2.83. The number of nitro groups is 1. The molecule has 2 aromatic carbocycles. The van der Waals surface area contributed by atoms with Crippen molar-refractivity contribution >= 4 is 74.9 Å². The lowest BCUT2D eigenvalue weighted by Crippen LogP contribution is -2.27. The third-order valence-electron chi connectivity index (χ3n) is 3.34. The maximum atomic E-state index is 12.7. The minimum Gasteiger partial charge on any atom is -0.268 e. The number of hydrogen-bond donors (Lipinski definition) is 0. The summed E-state index contributed by atoms with van der Waals surface area (Å²) in [5, 5.41) is 11.7. The second-order valence-electron chi connectivity index (χ2n) is 4.96. The number of nitro benzene ring substituents is 1. The molecule has 9 heteroatoms. The highest BCUT2D eigenvalue weighted by atomic mass is 35.5. The number of carbonyl (C=O) groups excluding carboxylic acids is 1. The number of amides is 1. The molecule has 25 heavy (non-hydrogen) atoms. The third kappa shape index (κ3) is 3.69. The fourth-order valence-electron chi connectivity index (χ4n) is 2.20. The zero-order valence-electron chi connectivity index (χ0n) is 12.3. The molecule has 1 amide bonds. The van der Waals surface area contributed by atoms with Crippen molar-refractivity contribution in [2.75, 3.05) is 4.90 Å². The van der Waals surface area contributed by atoms with Crippen LogP contribution in [-0.2, 0) is 4.79 Å². The van der Waals surface area contributed by atoms with Crippen LogP contribution in [0.3, 0.4) is 0 Å². The molecule has 3 rings (SSSR count). The van der Waals surface area contributed by atoms with E-state index in [1.165, 1.54) is 29.2 Å². The fraction of sp³-hybridized carbons (Fsp3) is 0. The van der Waals surface area contributed by atoms with E-state index >= 15 is 0 Å². The first-order valence-electron chi connectivity index (χ1n) is 6.84. The number of hydrogen-bond acceptors (Lipinski definition) is 5. The summed E-state index contributed by atoms with van der Waals surface area (Å²) in [6.45, 7) is 0. The Bertz CT molecular complexity index is 947. The van der Waals surface area contributed by atoms with E-state index in [0.29, 0.717) is 30.5 Å². The molecule has 5 nitrogen and oxygen atoms in total. The largest absolute Gasteiger partial charge is 0.270 e. The molecule has 1 heterocycles. The van der Waals surface area contributed by atoms with Crippen molar-refractivity contribution in [3.63, 3.8) is 0 Å². The summed E-state index contributed by atoms with van der Waals surface area (Å²) < 4.78 is 0.347. The molecule has 0 saturated carbocycles. The Hall–Kier alpha value is -1.93. The molecule has 0 N–H and O–H groups in total. The van der Waals surface area contributed by atoms with E-state index in [-0.39, 0.29) is 11.6 Å². The Balaban J connectivity index is 1.99. The van der Waals surface area contributed by atoms with Crippen molar-refractivity contribution in [1.82, 2.24) is 0 Å². The molecular formula is C16H8Cl2N2O3S2. The van der Waals surface area contributed by atoms with Crippen LogP contribution in [0.15, 0.2) is 47.4 Å². The van der Waals surface area contributed by atoms with Gasteiger partial charge in [-0.05, 0) is 30.3 Å². The van der Waals surface area contributed by atoms with Crippen LogP contribution in [0.4, 0.5) is 11.4 Å². The Morgan fingerprint density at radius 3 is 2.64 bits per heavy atom. The van der Waals surface area contributed by atoms with Crippen LogP contribution in [-0.4, -0.2) is 15.2 Å². The summed E-state index contributed by atoms with van der Waals surface area (Å²) >= 11 is 18.4. The molecule has 0 bridgehead atoms. The van der Waals surface area contributed by atoms with Crippen LogP contribution < -0.4 is 4.90 Å². The molecule has 0 spiro atoms. The van der Waals surface area contributed by atoms with Gasteiger partial charge in [0.25, 0.3) is 11.6 Å². The lowest BCUT2D eigenvalue weighted by atomic mass is 10.2. The summed E-state index contributed by atoms with van der Waals surface area (Å²) in [5.74, 6) is -0.333. The van der Waals surface area contributed by atoms with Gasteiger partial charge in [-0.1, -0.05) is 53.2 Å². The van der Waals surface area contributed by atoms with Gasteiger partial charge < -0.3 is 0 Å². The number of thiocarbonyl (C=S) groups is 1. The van der Waals surface area contributed by atoms with Gasteiger partial charge >= 0.3 is 0 Å². The van der Waals surface area contributed by atoms with Gasteiger partial charge in [0.2, 0.25) is 0 Å². The van der Waals surface area contributed by atoms with Crippen LogP contribution >= 0.6 is 47.2 Å². The quantitative estimate of drug-likeness (QED) is 0.297. The summed E-state index contributed by atoms with van der Waals surface area (Å²) in [6.07, 6.45) is 1.50. The van der Waals surface area contributed by atoms with Crippen molar-refractivity contribution < 1.29 is 9.72 Å². The Kier molecular flexibility index (Phi) is 5.10. The number of non-ortho nitro benzene ring substituents is 1. The lowest BCUT2D eigenvalue weighted by molar-refractivity contribution is -0.384. The number of halogens is 2. The van der Waals surface area contributed by atoms with Crippen LogP contribution in [0, 0.1) is 10.1 Å². The molecule has 1 aliphatic heterocycles. The van der Waals surface area contributed by atoms with E-state index in [1.54, 1.807) is 24.3 Å². The van der Waals surface area contributed by atoms with Gasteiger partial charge in [0, 0.05) is 27.7 Å². The summed E-state index contributed by atoms with van der Waals surface area (Å²) in [7, 11) is 0. The van der Waals surface area contributed by atoms with Crippen LogP contribution in [0.25, 0.3) is 6.08 Å². The standard InChI is InChI=1S/C16H8Cl2N2O3S2/c17-10-2-1-3-11(8-10)19-15(21)14(25-16(19)24)7-9-6-12(20(22)23)4-5-13(9)18/h1-8H/b14-7+. The molecule has 0 aromatic heterocycles. The first-order chi connectivity index (χ1) is 11.9. The Morgan fingerprint density at radius 1 is 1.20 bits per heavy atom. The van der Waals surface area contributed by atoms with Gasteiger partial charge in [0.1, 0.15) is 0 Å². The molecular weight excluding hydrogens is 403 g/mol. The molecule has 1 aliphatic rings. The number of rotatable bonds is 3. The SMILES string of the molecule is O=C1/C(=C\c2cc([N+](=O)[O-])ccc2Cl)SC(=S)N1c1cccc(Cl)c1. The van der Waals surface area contributed by atoms with E-state index in [2.05, 4.69) is 0 Å². The molecule has 0 unspecified atom stereocenters. The predicted molar refractivity (Wildman–Crippen MR) is 105 cm³/mol. The second-order valence-corrected chi connectivity index (χ2v) is 7.48. The molecule has 126 valence electrons. The minimum atomic E-state index is -0.523. The van der Waals surface area contributed by atoms with Crippen molar-refractivity contribution in [2.45, 2.75) is 0 Å². The van der Waals surface area contributed by atoms with E-state index < -0.39 is 4.92 Å². The van der Waals surface area contributed by atoms with Crippen molar-refractivity contribution in [2.24, 2.45) is 0 Å². The Labute approximate surface area is 162 Å². The van der Waals surface area contributed by atoms with Gasteiger partial charge in [0.05, 0.1) is 15.5 Å². The third-order valence-corrected chi connectivity index (χ3v) is 5.22. The lowest BCUT2D eigenvalue weighted by Gasteiger charge is -2.14. The zero-order chi connectivity index (χ0) is 18.1. The zero-order valence-corrected chi connectivity index (χ0v) is 15.5. The highest BCUT2D eigenvalue weighted by Crippen LogP contribution is 2.37.